The second-order valence-electron chi connectivity index (χ2n) is 4.52. The molecule has 0 fully saturated rings. The molecule has 4 nitrogen and oxygen atoms in total. The number of hydrogen-bond acceptors (Lipinski definition) is 3. The van der Waals surface area contributed by atoms with Crippen molar-refractivity contribution in [1.82, 2.24) is 0 Å². The molecule has 0 N–H and O–H groups in total. The number of aliphatic imine (C=N–C) groups is 1. The van der Waals surface area contributed by atoms with Crippen LogP contribution in [0.1, 0.15) is 20.8 Å². The monoisotopic (exact) mass is 218 g/mol. The van der Waals surface area contributed by atoms with Gasteiger partial charge in [0.1, 0.15) is 0 Å². The molecule has 0 bridgehead atoms. The van der Waals surface area contributed by atoms with Crippen LogP contribution in [-0.4, -0.2) is 10.8 Å². The lowest BCUT2D eigenvalue weighted by Crippen LogP contribution is -1.98. The summed E-state index contributed by atoms with van der Waals surface area (Å²) in [5, 5.41) is 10.4. The first-order valence-electron chi connectivity index (χ1n) is 4.93. The SMILES string of the molecule is CC(C)(C)C=C=Nc1ccc([N+](=O)[O-])cc1. The van der Waals surface area contributed by atoms with Gasteiger partial charge in [-0.15, -0.1) is 0 Å². The molecule has 1 rings (SSSR count). The molecule has 0 saturated carbocycles. The minimum Gasteiger partial charge on any atom is -0.258 e. The van der Waals surface area contributed by atoms with E-state index in [1.165, 1.54) is 12.1 Å². The van der Waals surface area contributed by atoms with Crippen molar-refractivity contribution in [2.24, 2.45) is 10.4 Å². The van der Waals surface area contributed by atoms with Crippen LogP contribution in [0.2, 0.25) is 0 Å². The van der Waals surface area contributed by atoms with Gasteiger partial charge in [0.25, 0.3) is 5.69 Å². The van der Waals surface area contributed by atoms with Gasteiger partial charge in [-0.05, 0) is 29.5 Å². The topological polar surface area (TPSA) is 55.5 Å². The van der Waals surface area contributed by atoms with Crippen LogP contribution in [0.3, 0.4) is 0 Å². The molecule has 0 unspecified atom stereocenters. The van der Waals surface area contributed by atoms with E-state index in [2.05, 4.69) is 10.9 Å². The normalized spacial score (nSPS) is 10.4. The highest BCUT2D eigenvalue weighted by Gasteiger charge is 2.04. The molecule has 0 aromatic heterocycles. The van der Waals surface area contributed by atoms with Crippen molar-refractivity contribution in [1.29, 1.82) is 0 Å². The maximum absolute atomic E-state index is 10.4. The number of hydrogen-bond donors (Lipinski definition) is 0. The van der Waals surface area contributed by atoms with Crippen LogP contribution >= 0.6 is 0 Å². The largest absolute Gasteiger partial charge is 0.269 e. The number of allylic oxidation sites excluding steroid dienone is 1. The quantitative estimate of drug-likeness (QED) is 0.433. The Morgan fingerprint density at radius 1 is 1.31 bits per heavy atom. The molecule has 0 aliphatic rings. The Morgan fingerprint density at radius 3 is 2.31 bits per heavy atom. The van der Waals surface area contributed by atoms with Crippen molar-refractivity contribution in [3.63, 3.8) is 0 Å². The van der Waals surface area contributed by atoms with E-state index in [-0.39, 0.29) is 11.1 Å². The van der Waals surface area contributed by atoms with Crippen LogP contribution in [0.25, 0.3) is 0 Å². The molecule has 1 aromatic rings. The fraction of sp³-hybridized carbons (Fsp3) is 0.333. The van der Waals surface area contributed by atoms with E-state index in [0.29, 0.717) is 5.69 Å². The molecule has 0 aliphatic carbocycles. The summed E-state index contributed by atoms with van der Waals surface area (Å²) in [6, 6.07) is 6.05. The minimum absolute atomic E-state index is 0.0320. The summed E-state index contributed by atoms with van der Waals surface area (Å²) >= 11 is 0. The number of nitrogens with zero attached hydrogens (tertiary/aromatic N) is 2. The van der Waals surface area contributed by atoms with E-state index >= 15 is 0 Å². The summed E-state index contributed by atoms with van der Waals surface area (Å²) in [5.74, 6) is 2.82. The van der Waals surface area contributed by atoms with Gasteiger partial charge in [-0.2, -0.15) is 0 Å². The lowest BCUT2D eigenvalue weighted by Gasteiger charge is -2.07. The van der Waals surface area contributed by atoms with E-state index in [0.717, 1.165) is 0 Å². The first kappa shape index (κ1) is 12.1. The molecule has 0 atom stereocenters. The molecule has 0 saturated heterocycles. The zero-order chi connectivity index (χ0) is 12.2. The highest BCUT2D eigenvalue weighted by atomic mass is 16.6. The molecule has 0 heterocycles. The van der Waals surface area contributed by atoms with Crippen LogP contribution in [0.4, 0.5) is 11.4 Å². The molecule has 0 spiro atoms. The number of non-ortho nitro benzene ring substituents is 1. The van der Waals surface area contributed by atoms with E-state index < -0.39 is 4.92 Å². The second-order valence-corrected chi connectivity index (χ2v) is 4.52. The van der Waals surface area contributed by atoms with Crippen LogP contribution in [0, 0.1) is 15.5 Å². The summed E-state index contributed by atoms with van der Waals surface area (Å²) in [4.78, 5) is 14.0. The summed E-state index contributed by atoms with van der Waals surface area (Å²) in [7, 11) is 0. The molecular formula is C12H14N2O2. The van der Waals surface area contributed by atoms with Crippen molar-refractivity contribution in [2.45, 2.75) is 20.8 Å². The molecule has 0 aliphatic heterocycles. The fourth-order valence-electron chi connectivity index (χ4n) is 0.949. The van der Waals surface area contributed by atoms with E-state index in [4.69, 9.17) is 0 Å². The van der Waals surface area contributed by atoms with Crippen LogP contribution in [-0.2, 0) is 0 Å². The van der Waals surface area contributed by atoms with E-state index in [9.17, 15) is 10.1 Å². The fourth-order valence-corrected chi connectivity index (χ4v) is 0.949. The zero-order valence-corrected chi connectivity index (χ0v) is 9.60. The Kier molecular flexibility index (Phi) is 3.59. The van der Waals surface area contributed by atoms with Gasteiger partial charge < -0.3 is 0 Å². The number of rotatable bonds is 2. The minimum atomic E-state index is -0.432. The number of benzene rings is 1. The highest BCUT2D eigenvalue weighted by Crippen LogP contribution is 2.17. The molecule has 0 amide bonds. The molecule has 16 heavy (non-hydrogen) atoms. The maximum atomic E-state index is 10.4. The predicted octanol–water partition coefficient (Wildman–Crippen LogP) is 3.50. The summed E-state index contributed by atoms with van der Waals surface area (Å²) in [5.41, 5.74) is 0.759. The summed E-state index contributed by atoms with van der Waals surface area (Å²) < 4.78 is 0. The molecule has 4 heteroatoms. The molecule has 0 radical (unpaired) electrons. The Labute approximate surface area is 94.5 Å². The number of nitro benzene ring substituents is 1. The van der Waals surface area contributed by atoms with E-state index in [1.807, 2.05) is 26.8 Å². The first-order chi connectivity index (χ1) is 7.38. The molecule has 84 valence electrons. The Hall–Kier alpha value is -1.93. The average molecular weight is 218 g/mol. The third-order valence-electron chi connectivity index (χ3n) is 1.75. The zero-order valence-electron chi connectivity index (χ0n) is 9.60. The Balaban J connectivity index is 2.84. The second kappa shape index (κ2) is 4.73. The van der Waals surface area contributed by atoms with Crippen molar-refractivity contribution >= 4 is 17.2 Å². The van der Waals surface area contributed by atoms with Crippen molar-refractivity contribution in [3.05, 3.63) is 40.5 Å². The van der Waals surface area contributed by atoms with Gasteiger partial charge in [0, 0.05) is 12.1 Å². The predicted molar refractivity (Wildman–Crippen MR) is 64.2 cm³/mol. The lowest BCUT2D eigenvalue weighted by atomic mass is 9.98. The summed E-state index contributed by atoms with van der Waals surface area (Å²) in [6.45, 7) is 6.14. The third kappa shape index (κ3) is 4.07. The first-order valence-corrected chi connectivity index (χ1v) is 4.93. The smallest absolute Gasteiger partial charge is 0.258 e. The average Bonchev–Trinajstić information content (AvgIpc) is 2.16. The van der Waals surface area contributed by atoms with Gasteiger partial charge in [0.15, 0.2) is 0 Å². The van der Waals surface area contributed by atoms with Gasteiger partial charge in [0.2, 0.25) is 0 Å². The van der Waals surface area contributed by atoms with Gasteiger partial charge >= 0.3 is 0 Å². The van der Waals surface area contributed by atoms with Crippen molar-refractivity contribution in [2.75, 3.05) is 0 Å². The van der Waals surface area contributed by atoms with Gasteiger partial charge in [-0.1, -0.05) is 20.8 Å². The van der Waals surface area contributed by atoms with Gasteiger partial charge in [-0.25, -0.2) is 4.99 Å². The molecular weight excluding hydrogens is 204 g/mol. The summed E-state index contributed by atoms with van der Waals surface area (Å²) in [6.07, 6.45) is 1.86. The van der Waals surface area contributed by atoms with Crippen molar-refractivity contribution < 1.29 is 4.92 Å². The van der Waals surface area contributed by atoms with Crippen LogP contribution in [0.15, 0.2) is 35.3 Å². The van der Waals surface area contributed by atoms with Crippen LogP contribution in [0.5, 0.6) is 0 Å². The molecule has 1 aromatic carbocycles. The standard InChI is InChI=1S/C12H14N2O2/c1-12(2,3)8-9-13-10-4-6-11(7-5-10)14(15)16/h4-8H,1-3H3. The number of nitro groups is 1. The van der Waals surface area contributed by atoms with Gasteiger partial charge in [0.05, 0.1) is 10.6 Å². The van der Waals surface area contributed by atoms with E-state index in [1.54, 1.807) is 12.1 Å². The maximum Gasteiger partial charge on any atom is 0.269 e. The Morgan fingerprint density at radius 2 is 1.88 bits per heavy atom. The highest BCUT2D eigenvalue weighted by molar-refractivity contribution is 5.60. The Bertz CT molecular complexity index is 435. The lowest BCUT2D eigenvalue weighted by molar-refractivity contribution is -0.384. The van der Waals surface area contributed by atoms with Crippen molar-refractivity contribution in [3.8, 4) is 0 Å². The van der Waals surface area contributed by atoms with Gasteiger partial charge in [-0.3, -0.25) is 10.1 Å². The van der Waals surface area contributed by atoms with Crippen LogP contribution < -0.4 is 0 Å². The third-order valence-corrected chi connectivity index (χ3v) is 1.75.